The third-order valence-electron chi connectivity index (χ3n) is 12.1. The van der Waals surface area contributed by atoms with Crippen LogP contribution in [0.25, 0.3) is 0 Å². The SMILES string of the molecule is COC(=O)C(C)CC(=O)C[C@@H](C)[C@H]1C[C@H](O)[C@@]2(C)C3=C(C(=O)[C@@H](O)[C@]12C)[C@@]1(C)CC[C@H](O)C(C)(C)[C@@H]1C[C@@H]3O. The van der Waals surface area contributed by atoms with Gasteiger partial charge in [0.05, 0.1) is 31.3 Å². The van der Waals surface area contributed by atoms with Gasteiger partial charge in [0, 0.05) is 29.2 Å². The Morgan fingerprint density at radius 2 is 1.59 bits per heavy atom. The van der Waals surface area contributed by atoms with Crippen LogP contribution in [0.5, 0.6) is 0 Å². The zero-order valence-corrected chi connectivity index (χ0v) is 24.8. The van der Waals surface area contributed by atoms with Gasteiger partial charge in [0.15, 0.2) is 5.78 Å². The lowest BCUT2D eigenvalue weighted by atomic mass is 9.41. The number of carbonyl (C=O) groups is 3. The predicted octanol–water partition coefficient (Wildman–Crippen LogP) is 2.98. The molecule has 2 saturated carbocycles. The van der Waals surface area contributed by atoms with Crippen LogP contribution in [-0.2, 0) is 19.1 Å². The van der Waals surface area contributed by atoms with Crippen molar-refractivity contribution in [3.8, 4) is 0 Å². The Balaban J connectivity index is 1.75. The molecule has 0 aromatic rings. The third-order valence-corrected chi connectivity index (χ3v) is 12.1. The van der Waals surface area contributed by atoms with Gasteiger partial charge in [-0.3, -0.25) is 14.4 Å². The summed E-state index contributed by atoms with van der Waals surface area (Å²) >= 11 is 0. The lowest BCUT2D eigenvalue weighted by molar-refractivity contribution is -0.161. The van der Waals surface area contributed by atoms with Crippen molar-refractivity contribution in [1.82, 2.24) is 0 Å². The van der Waals surface area contributed by atoms with Gasteiger partial charge in [-0.15, -0.1) is 0 Å². The molecule has 11 atom stereocenters. The number of hydrogen-bond donors (Lipinski definition) is 4. The highest BCUT2D eigenvalue weighted by molar-refractivity contribution is 6.03. The van der Waals surface area contributed by atoms with Crippen molar-refractivity contribution in [1.29, 1.82) is 0 Å². The van der Waals surface area contributed by atoms with E-state index >= 15 is 0 Å². The molecule has 0 saturated heterocycles. The molecule has 4 aliphatic carbocycles. The fraction of sp³-hybridized carbons (Fsp3) is 0.839. The molecule has 0 amide bonds. The molecule has 2 fully saturated rings. The van der Waals surface area contributed by atoms with Crippen molar-refractivity contribution >= 4 is 17.5 Å². The van der Waals surface area contributed by atoms with E-state index in [1.165, 1.54) is 7.11 Å². The standard InChI is InChI=1S/C31H48O8/c1-15(11-17(32)12-16(2)27(38)39-8)18-13-22(35)31(7)23-19(33)14-20-28(3,4)21(34)9-10-29(20,5)24(23)25(36)26(37)30(18,31)6/h15-16,18-22,26,33-35,37H,9-14H2,1-8H3/t15-,16?,18-,19+,20+,21+,22+,26-,29+,30+,31+/m1/s1. The summed E-state index contributed by atoms with van der Waals surface area (Å²) in [7, 11) is 1.29. The molecule has 0 bridgehead atoms. The van der Waals surface area contributed by atoms with E-state index in [0.717, 1.165) is 0 Å². The van der Waals surface area contributed by atoms with E-state index in [2.05, 4.69) is 0 Å². The Kier molecular flexibility index (Phi) is 7.58. The van der Waals surface area contributed by atoms with Gasteiger partial charge in [-0.1, -0.05) is 48.5 Å². The summed E-state index contributed by atoms with van der Waals surface area (Å²) in [6.45, 7) is 13.2. The first-order valence-electron chi connectivity index (χ1n) is 14.5. The van der Waals surface area contributed by atoms with Crippen LogP contribution in [0, 0.1) is 45.3 Å². The lowest BCUT2D eigenvalue weighted by Crippen LogP contribution is -2.65. The number of carbonyl (C=O) groups excluding carboxylic acids is 3. The van der Waals surface area contributed by atoms with Crippen molar-refractivity contribution in [2.75, 3.05) is 7.11 Å². The molecule has 1 unspecified atom stereocenters. The minimum Gasteiger partial charge on any atom is -0.469 e. The molecular weight excluding hydrogens is 500 g/mol. The van der Waals surface area contributed by atoms with E-state index in [4.69, 9.17) is 4.74 Å². The van der Waals surface area contributed by atoms with Gasteiger partial charge in [0.1, 0.15) is 11.9 Å². The van der Waals surface area contributed by atoms with Gasteiger partial charge < -0.3 is 25.2 Å². The number of aliphatic hydroxyl groups excluding tert-OH is 4. The number of ketones is 2. The smallest absolute Gasteiger partial charge is 0.308 e. The molecule has 0 aromatic heterocycles. The minimum absolute atomic E-state index is 0.0388. The van der Waals surface area contributed by atoms with Crippen LogP contribution in [0.15, 0.2) is 11.1 Å². The Bertz CT molecular complexity index is 1080. The van der Waals surface area contributed by atoms with Crippen LogP contribution < -0.4 is 0 Å². The summed E-state index contributed by atoms with van der Waals surface area (Å²) in [4.78, 5) is 38.9. The van der Waals surface area contributed by atoms with Crippen LogP contribution in [0.1, 0.15) is 87.0 Å². The van der Waals surface area contributed by atoms with Crippen LogP contribution >= 0.6 is 0 Å². The zero-order valence-electron chi connectivity index (χ0n) is 24.8. The van der Waals surface area contributed by atoms with Gasteiger partial charge in [0.2, 0.25) is 0 Å². The molecule has 4 rings (SSSR count). The van der Waals surface area contributed by atoms with Crippen LogP contribution in [0.4, 0.5) is 0 Å². The first-order valence-corrected chi connectivity index (χ1v) is 14.5. The first-order chi connectivity index (χ1) is 17.9. The van der Waals surface area contributed by atoms with E-state index in [9.17, 15) is 34.8 Å². The molecule has 0 radical (unpaired) electrons. The predicted molar refractivity (Wildman–Crippen MR) is 144 cm³/mol. The van der Waals surface area contributed by atoms with Gasteiger partial charge in [0.25, 0.3) is 0 Å². The maximum atomic E-state index is 14.2. The molecule has 0 spiro atoms. The van der Waals surface area contributed by atoms with E-state index in [1.54, 1.807) is 6.92 Å². The summed E-state index contributed by atoms with van der Waals surface area (Å²) in [5, 5.41) is 46.0. The number of Topliss-reactive ketones (excluding diaryl/α,β-unsaturated/α-hetero) is 2. The number of methoxy groups -OCH3 is 1. The van der Waals surface area contributed by atoms with E-state index in [0.29, 0.717) is 30.4 Å². The highest BCUT2D eigenvalue weighted by Crippen LogP contribution is 2.71. The maximum absolute atomic E-state index is 14.2. The zero-order chi connectivity index (χ0) is 29.5. The van der Waals surface area contributed by atoms with Crippen LogP contribution in [0.3, 0.4) is 0 Å². The summed E-state index contributed by atoms with van der Waals surface area (Å²) in [6, 6.07) is 0. The highest BCUT2D eigenvalue weighted by Gasteiger charge is 2.73. The average molecular weight is 549 g/mol. The normalized spacial score (nSPS) is 44.7. The molecule has 8 nitrogen and oxygen atoms in total. The largest absolute Gasteiger partial charge is 0.469 e. The number of fused-ring (bicyclic) bond motifs is 4. The molecule has 4 aliphatic rings. The van der Waals surface area contributed by atoms with Crippen molar-refractivity contribution in [2.24, 2.45) is 45.3 Å². The number of esters is 1. The second-order valence-electron chi connectivity index (χ2n) is 14.3. The van der Waals surface area contributed by atoms with Crippen molar-refractivity contribution in [3.05, 3.63) is 11.1 Å². The molecule has 0 aliphatic heterocycles. The van der Waals surface area contributed by atoms with E-state index < -0.39 is 63.7 Å². The summed E-state index contributed by atoms with van der Waals surface area (Å²) < 4.78 is 4.74. The molecule has 0 heterocycles. The second-order valence-corrected chi connectivity index (χ2v) is 14.3. The molecule has 4 N–H and O–H groups in total. The molecule has 0 aromatic carbocycles. The van der Waals surface area contributed by atoms with E-state index in [1.807, 2.05) is 41.5 Å². The Morgan fingerprint density at radius 1 is 0.974 bits per heavy atom. The Hall–Kier alpha value is -1.61. The van der Waals surface area contributed by atoms with Crippen molar-refractivity contribution < 1.29 is 39.5 Å². The highest BCUT2D eigenvalue weighted by atomic mass is 16.5. The summed E-state index contributed by atoms with van der Waals surface area (Å²) in [6.07, 6.45) is -1.98. The fourth-order valence-electron chi connectivity index (χ4n) is 9.60. The Morgan fingerprint density at radius 3 is 2.18 bits per heavy atom. The van der Waals surface area contributed by atoms with Crippen molar-refractivity contribution in [3.63, 3.8) is 0 Å². The average Bonchev–Trinajstić information content (AvgIpc) is 3.07. The lowest BCUT2D eigenvalue weighted by Gasteiger charge is -2.63. The maximum Gasteiger partial charge on any atom is 0.308 e. The number of hydrogen-bond acceptors (Lipinski definition) is 8. The van der Waals surface area contributed by atoms with Crippen molar-refractivity contribution in [2.45, 2.75) is 111 Å². The molecule has 220 valence electrons. The van der Waals surface area contributed by atoms with Gasteiger partial charge in [-0.2, -0.15) is 0 Å². The first kappa shape index (κ1) is 30.4. The molecular formula is C31H48O8. The van der Waals surface area contributed by atoms with Crippen LogP contribution in [0.2, 0.25) is 0 Å². The topological polar surface area (TPSA) is 141 Å². The number of ether oxygens (including phenoxy) is 1. The summed E-state index contributed by atoms with van der Waals surface area (Å²) in [5.74, 6) is -2.35. The molecule has 39 heavy (non-hydrogen) atoms. The number of aliphatic hydroxyl groups is 4. The van der Waals surface area contributed by atoms with Gasteiger partial charge in [-0.25, -0.2) is 0 Å². The third kappa shape index (κ3) is 4.03. The Labute approximate surface area is 232 Å². The quantitative estimate of drug-likeness (QED) is 0.371. The van der Waals surface area contributed by atoms with E-state index in [-0.39, 0.29) is 42.8 Å². The summed E-state index contributed by atoms with van der Waals surface area (Å²) in [5.41, 5.74) is -2.39. The molecule has 8 heteroatoms. The number of rotatable bonds is 6. The fourth-order valence-corrected chi connectivity index (χ4v) is 9.60. The van der Waals surface area contributed by atoms with Gasteiger partial charge in [-0.05, 0) is 59.8 Å². The minimum atomic E-state index is -1.41. The van der Waals surface area contributed by atoms with Gasteiger partial charge >= 0.3 is 5.97 Å². The van der Waals surface area contributed by atoms with Crippen LogP contribution in [-0.4, -0.2) is 69.5 Å². The monoisotopic (exact) mass is 548 g/mol. The second kappa shape index (κ2) is 9.74.